The van der Waals surface area contributed by atoms with E-state index in [1.807, 2.05) is 0 Å². The average Bonchev–Trinajstić information content (AvgIpc) is 2.30. The number of hydrogen-bond acceptors (Lipinski definition) is 4. The van der Waals surface area contributed by atoms with Gasteiger partial charge in [0.15, 0.2) is 0 Å². The number of carbonyl (C=O) groups is 2. The van der Waals surface area contributed by atoms with Gasteiger partial charge in [-0.25, -0.2) is 4.98 Å². The van der Waals surface area contributed by atoms with Crippen LogP contribution in [0, 0.1) is 0 Å². The van der Waals surface area contributed by atoms with Gasteiger partial charge in [-0.2, -0.15) is 0 Å². The van der Waals surface area contributed by atoms with Gasteiger partial charge >= 0.3 is 5.97 Å². The first-order valence-corrected chi connectivity index (χ1v) is 5.22. The van der Waals surface area contributed by atoms with E-state index in [0.717, 1.165) is 0 Å². The number of aromatic nitrogens is 1. The molecule has 0 bridgehead atoms. The van der Waals surface area contributed by atoms with E-state index in [4.69, 9.17) is 10.5 Å². The average molecular weight is 234 g/mol. The Bertz CT molecular complexity index is 441. The molecule has 1 rings (SSSR count). The Hall–Kier alpha value is -2.17. The fraction of sp³-hybridized carbons (Fsp3) is 0.250. The molecule has 0 aliphatic carbocycles. The van der Waals surface area contributed by atoms with Crippen LogP contribution >= 0.6 is 0 Å². The Balaban J connectivity index is 2.62. The first-order chi connectivity index (χ1) is 8.13. The highest BCUT2D eigenvalue weighted by Crippen LogP contribution is 2.02. The second-order valence-electron chi connectivity index (χ2n) is 3.22. The minimum absolute atomic E-state index is 0.177. The lowest BCUT2D eigenvalue weighted by Gasteiger charge is -1.98. The zero-order valence-electron chi connectivity index (χ0n) is 9.55. The van der Waals surface area contributed by atoms with Gasteiger partial charge in [0.2, 0.25) is 0 Å². The Labute approximate surface area is 99.3 Å². The molecule has 0 radical (unpaired) electrons. The Morgan fingerprint density at radius 2 is 2.24 bits per heavy atom. The van der Waals surface area contributed by atoms with Gasteiger partial charge in [-0.05, 0) is 25.1 Å². The van der Waals surface area contributed by atoms with Crippen molar-refractivity contribution in [1.82, 2.24) is 4.98 Å². The molecule has 0 saturated heterocycles. The van der Waals surface area contributed by atoms with E-state index in [-0.39, 0.29) is 18.1 Å². The van der Waals surface area contributed by atoms with Crippen molar-refractivity contribution in [3.05, 3.63) is 35.7 Å². The van der Waals surface area contributed by atoms with Gasteiger partial charge in [0.05, 0.1) is 18.7 Å². The summed E-state index contributed by atoms with van der Waals surface area (Å²) in [5.41, 5.74) is 5.87. The van der Waals surface area contributed by atoms with E-state index in [0.29, 0.717) is 12.3 Å². The molecule has 1 heterocycles. The van der Waals surface area contributed by atoms with Crippen molar-refractivity contribution >= 4 is 18.0 Å². The fourth-order valence-electron chi connectivity index (χ4n) is 1.18. The fourth-order valence-corrected chi connectivity index (χ4v) is 1.18. The normalized spacial score (nSPS) is 10.4. The summed E-state index contributed by atoms with van der Waals surface area (Å²) in [4.78, 5) is 25.9. The first-order valence-electron chi connectivity index (χ1n) is 5.22. The van der Waals surface area contributed by atoms with Crippen molar-refractivity contribution < 1.29 is 14.3 Å². The van der Waals surface area contributed by atoms with Gasteiger partial charge in [0.25, 0.3) is 5.91 Å². The number of rotatable bonds is 5. The van der Waals surface area contributed by atoms with Gasteiger partial charge in [-0.3, -0.25) is 9.59 Å². The maximum atomic E-state index is 11.0. The molecule has 0 spiro atoms. The summed E-state index contributed by atoms with van der Waals surface area (Å²) in [5, 5.41) is 0. The van der Waals surface area contributed by atoms with Crippen LogP contribution in [-0.2, 0) is 9.53 Å². The van der Waals surface area contributed by atoms with Crippen LogP contribution in [-0.4, -0.2) is 23.5 Å². The van der Waals surface area contributed by atoms with Crippen LogP contribution in [0.15, 0.2) is 24.3 Å². The van der Waals surface area contributed by atoms with Crippen LogP contribution in [0.5, 0.6) is 0 Å². The van der Waals surface area contributed by atoms with Gasteiger partial charge in [-0.15, -0.1) is 0 Å². The SMILES string of the molecule is CCOC(=O)CC=Cc1cccc(C(N)=O)n1. The van der Waals surface area contributed by atoms with E-state index in [1.54, 1.807) is 31.2 Å². The number of esters is 1. The quantitative estimate of drug-likeness (QED) is 0.774. The smallest absolute Gasteiger partial charge is 0.309 e. The molecule has 17 heavy (non-hydrogen) atoms. The summed E-state index contributed by atoms with van der Waals surface area (Å²) < 4.78 is 4.76. The molecule has 5 nitrogen and oxygen atoms in total. The predicted octanol–water partition coefficient (Wildman–Crippen LogP) is 1.15. The zero-order chi connectivity index (χ0) is 12.7. The molecule has 5 heteroatoms. The largest absolute Gasteiger partial charge is 0.466 e. The van der Waals surface area contributed by atoms with Crippen molar-refractivity contribution in [3.63, 3.8) is 0 Å². The van der Waals surface area contributed by atoms with E-state index in [2.05, 4.69) is 4.98 Å². The lowest BCUT2D eigenvalue weighted by molar-refractivity contribution is -0.142. The molecular formula is C12H14N2O3. The minimum atomic E-state index is -0.578. The molecule has 1 aromatic rings. The second kappa shape index (κ2) is 6.42. The number of pyridine rings is 1. The van der Waals surface area contributed by atoms with E-state index >= 15 is 0 Å². The second-order valence-corrected chi connectivity index (χ2v) is 3.22. The van der Waals surface area contributed by atoms with Crippen molar-refractivity contribution in [2.24, 2.45) is 5.73 Å². The van der Waals surface area contributed by atoms with Gasteiger partial charge < -0.3 is 10.5 Å². The molecule has 0 aromatic carbocycles. The monoisotopic (exact) mass is 234 g/mol. The number of hydrogen-bond donors (Lipinski definition) is 1. The van der Waals surface area contributed by atoms with Gasteiger partial charge in [-0.1, -0.05) is 12.1 Å². The van der Waals surface area contributed by atoms with Crippen molar-refractivity contribution in [2.75, 3.05) is 6.61 Å². The highest BCUT2D eigenvalue weighted by molar-refractivity contribution is 5.90. The maximum Gasteiger partial charge on any atom is 0.309 e. The molecule has 0 aliphatic heterocycles. The molecule has 0 unspecified atom stereocenters. The van der Waals surface area contributed by atoms with Crippen LogP contribution < -0.4 is 5.73 Å². The lowest BCUT2D eigenvalue weighted by Crippen LogP contribution is -2.13. The number of amides is 1. The summed E-state index contributed by atoms with van der Waals surface area (Å²) in [7, 11) is 0. The molecule has 90 valence electrons. The lowest BCUT2D eigenvalue weighted by atomic mass is 10.2. The molecular weight excluding hydrogens is 220 g/mol. The van der Waals surface area contributed by atoms with Gasteiger partial charge in [0.1, 0.15) is 5.69 Å². The van der Waals surface area contributed by atoms with Crippen LogP contribution in [0.3, 0.4) is 0 Å². The van der Waals surface area contributed by atoms with Gasteiger partial charge in [0, 0.05) is 0 Å². The molecule has 1 amide bonds. The predicted molar refractivity (Wildman–Crippen MR) is 63.0 cm³/mol. The number of primary amides is 1. The summed E-state index contributed by atoms with van der Waals surface area (Å²) in [6, 6.07) is 4.93. The van der Waals surface area contributed by atoms with Crippen molar-refractivity contribution in [3.8, 4) is 0 Å². The van der Waals surface area contributed by atoms with E-state index in [9.17, 15) is 9.59 Å². The topological polar surface area (TPSA) is 82.3 Å². The molecule has 0 atom stereocenters. The molecule has 0 saturated carbocycles. The Kier molecular flexibility index (Phi) is 4.87. The highest BCUT2D eigenvalue weighted by Gasteiger charge is 2.01. The third-order valence-corrected chi connectivity index (χ3v) is 1.90. The van der Waals surface area contributed by atoms with Crippen molar-refractivity contribution in [1.29, 1.82) is 0 Å². The Morgan fingerprint density at radius 3 is 2.88 bits per heavy atom. The summed E-state index contributed by atoms with van der Waals surface area (Å²) in [6.07, 6.45) is 3.45. The van der Waals surface area contributed by atoms with Crippen LogP contribution in [0.25, 0.3) is 6.08 Å². The maximum absolute atomic E-state index is 11.0. The summed E-state index contributed by atoms with van der Waals surface area (Å²) >= 11 is 0. The summed E-state index contributed by atoms with van der Waals surface area (Å²) in [5.74, 6) is -0.875. The number of nitrogens with two attached hydrogens (primary N) is 1. The number of nitrogens with zero attached hydrogens (tertiary/aromatic N) is 1. The zero-order valence-corrected chi connectivity index (χ0v) is 9.55. The van der Waals surface area contributed by atoms with Crippen LogP contribution in [0.4, 0.5) is 0 Å². The standard InChI is InChI=1S/C12H14N2O3/c1-2-17-11(15)8-4-6-9-5-3-7-10(14-9)12(13)16/h3-7H,2,8H2,1H3,(H2,13,16). The molecule has 0 fully saturated rings. The minimum Gasteiger partial charge on any atom is -0.466 e. The van der Waals surface area contributed by atoms with E-state index in [1.165, 1.54) is 6.07 Å². The van der Waals surface area contributed by atoms with Crippen LogP contribution in [0.1, 0.15) is 29.5 Å². The highest BCUT2D eigenvalue weighted by atomic mass is 16.5. The number of ether oxygens (including phenoxy) is 1. The third-order valence-electron chi connectivity index (χ3n) is 1.90. The van der Waals surface area contributed by atoms with Crippen molar-refractivity contribution in [2.45, 2.75) is 13.3 Å². The first kappa shape index (κ1) is 12.9. The Morgan fingerprint density at radius 1 is 1.47 bits per heavy atom. The summed E-state index contributed by atoms with van der Waals surface area (Å²) in [6.45, 7) is 2.11. The number of carbonyl (C=O) groups excluding carboxylic acids is 2. The third kappa shape index (κ3) is 4.46. The molecule has 1 aromatic heterocycles. The van der Waals surface area contributed by atoms with Crippen LogP contribution in [0.2, 0.25) is 0 Å². The molecule has 0 aliphatic rings. The molecule has 2 N–H and O–H groups in total. The van der Waals surface area contributed by atoms with E-state index < -0.39 is 5.91 Å².